The maximum Gasteiger partial charge on any atom is 0.191 e. The Bertz CT molecular complexity index is 718. The third-order valence-corrected chi connectivity index (χ3v) is 4.47. The lowest BCUT2D eigenvalue weighted by molar-refractivity contribution is 0.648. The molecule has 9 heteroatoms. The van der Waals surface area contributed by atoms with Crippen LogP contribution < -0.4 is 15.5 Å². The van der Waals surface area contributed by atoms with Crippen molar-refractivity contribution in [1.82, 2.24) is 25.8 Å². The predicted octanol–water partition coefficient (Wildman–Crippen LogP) is 2.33. The molecule has 3 N–H and O–H groups in total. The van der Waals surface area contributed by atoms with Crippen LogP contribution >= 0.6 is 35.6 Å². The molecule has 0 aromatic carbocycles. The van der Waals surface area contributed by atoms with Crippen LogP contribution in [0.25, 0.3) is 0 Å². The molecule has 1 fully saturated rings. The summed E-state index contributed by atoms with van der Waals surface area (Å²) in [5.41, 5.74) is 2.20. The summed E-state index contributed by atoms with van der Waals surface area (Å²) < 4.78 is 0. The number of hydrogen-bond acceptors (Lipinski definition) is 4. The number of nitrogens with zero attached hydrogens (tertiary/aromatic N) is 4. The number of aromatic nitrogens is 3. The number of halogens is 2. The van der Waals surface area contributed by atoms with Crippen molar-refractivity contribution in [2.24, 2.45) is 4.99 Å². The molecule has 7 nitrogen and oxygen atoms in total. The second-order valence-electron chi connectivity index (χ2n) is 5.83. The smallest absolute Gasteiger partial charge is 0.191 e. The van der Waals surface area contributed by atoms with Gasteiger partial charge in [0, 0.05) is 50.2 Å². The molecule has 2 aromatic rings. The van der Waals surface area contributed by atoms with Gasteiger partial charge in [0.15, 0.2) is 5.96 Å². The van der Waals surface area contributed by atoms with Crippen molar-refractivity contribution in [3.63, 3.8) is 0 Å². The summed E-state index contributed by atoms with van der Waals surface area (Å²) in [5, 5.41) is 14.4. The Morgan fingerprint density at radius 3 is 3.04 bits per heavy atom. The molecule has 136 valence electrons. The van der Waals surface area contributed by atoms with E-state index in [4.69, 9.17) is 11.6 Å². The Morgan fingerprint density at radius 2 is 2.36 bits per heavy atom. The maximum absolute atomic E-state index is 6.24. The van der Waals surface area contributed by atoms with Gasteiger partial charge in [-0.1, -0.05) is 11.6 Å². The van der Waals surface area contributed by atoms with Gasteiger partial charge in [-0.3, -0.25) is 10.1 Å². The predicted molar refractivity (Wildman–Crippen MR) is 112 cm³/mol. The van der Waals surface area contributed by atoms with Gasteiger partial charge in [0.25, 0.3) is 0 Å². The third kappa shape index (κ3) is 4.97. The number of aliphatic imine (C=N–C) groups is 1. The van der Waals surface area contributed by atoms with Crippen molar-refractivity contribution >= 4 is 47.4 Å². The highest BCUT2D eigenvalue weighted by molar-refractivity contribution is 14.0. The van der Waals surface area contributed by atoms with Crippen molar-refractivity contribution in [1.29, 1.82) is 0 Å². The van der Waals surface area contributed by atoms with Gasteiger partial charge >= 0.3 is 0 Å². The number of rotatable bonds is 4. The lowest BCUT2D eigenvalue weighted by Gasteiger charge is -2.20. The largest absolute Gasteiger partial charge is 0.353 e. The molecule has 0 amide bonds. The van der Waals surface area contributed by atoms with E-state index in [1.54, 1.807) is 13.2 Å². The monoisotopic (exact) mass is 475 g/mol. The third-order valence-electron chi connectivity index (χ3n) is 4.17. The van der Waals surface area contributed by atoms with Crippen LogP contribution in [-0.4, -0.2) is 47.3 Å². The van der Waals surface area contributed by atoms with Crippen LogP contribution in [0.3, 0.4) is 0 Å². The van der Waals surface area contributed by atoms with Crippen LogP contribution in [-0.2, 0) is 6.54 Å². The van der Waals surface area contributed by atoms with Gasteiger partial charge in [-0.15, -0.1) is 24.0 Å². The number of pyridine rings is 1. The standard InChI is InChI=1S/C16H22ClN7.HI/c1-11-12(9-21-23-11)8-20-16(18-2)22-13-5-7-24(10-13)15-14(17)4-3-6-19-15;/h3-4,6,9,13H,5,7-8,10H2,1-2H3,(H,21,23)(H2,18,20,22);1H. The summed E-state index contributed by atoms with van der Waals surface area (Å²) >= 11 is 6.24. The molecule has 1 aliphatic heterocycles. The van der Waals surface area contributed by atoms with Gasteiger partial charge in [0.2, 0.25) is 0 Å². The van der Waals surface area contributed by atoms with E-state index in [1.165, 1.54) is 0 Å². The Balaban J connectivity index is 0.00000225. The number of guanidine groups is 1. The molecule has 3 rings (SSSR count). The topological polar surface area (TPSA) is 81.2 Å². The van der Waals surface area contributed by atoms with Crippen molar-refractivity contribution in [3.8, 4) is 0 Å². The summed E-state index contributed by atoms with van der Waals surface area (Å²) in [6.07, 6.45) is 4.62. The molecule has 3 heterocycles. The normalized spacial score (nSPS) is 17.3. The summed E-state index contributed by atoms with van der Waals surface area (Å²) in [7, 11) is 1.78. The molecule has 1 aliphatic rings. The first-order chi connectivity index (χ1) is 11.7. The fourth-order valence-electron chi connectivity index (χ4n) is 2.80. The number of aromatic amines is 1. The first kappa shape index (κ1) is 19.8. The molecule has 1 atom stereocenters. The van der Waals surface area contributed by atoms with Gasteiger partial charge in [-0.05, 0) is 25.5 Å². The van der Waals surface area contributed by atoms with Crippen LogP contribution in [0.4, 0.5) is 5.82 Å². The highest BCUT2D eigenvalue weighted by Gasteiger charge is 2.25. The van der Waals surface area contributed by atoms with Crippen molar-refractivity contribution < 1.29 is 0 Å². The first-order valence-electron chi connectivity index (χ1n) is 7.99. The van der Waals surface area contributed by atoms with Crippen LogP contribution in [0.5, 0.6) is 0 Å². The quantitative estimate of drug-likeness (QED) is 0.359. The van der Waals surface area contributed by atoms with Gasteiger partial charge < -0.3 is 15.5 Å². The molecule has 0 aliphatic carbocycles. The molecule has 1 unspecified atom stereocenters. The lowest BCUT2D eigenvalue weighted by atomic mass is 10.2. The Hall–Kier alpha value is -1.55. The molecule has 1 saturated heterocycles. The van der Waals surface area contributed by atoms with Crippen molar-refractivity contribution in [2.45, 2.75) is 25.9 Å². The highest BCUT2D eigenvalue weighted by atomic mass is 127. The van der Waals surface area contributed by atoms with Crippen LogP contribution in [0, 0.1) is 6.92 Å². The summed E-state index contributed by atoms with van der Waals surface area (Å²) in [4.78, 5) is 10.9. The summed E-state index contributed by atoms with van der Waals surface area (Å²) in [6, 6.07) is 4.03. The summed E-state index contributed by atoms with van der Waals surface area (Å²) in [6.45, 7) is 4.46. The second kappa shape index (κ2) is 9.23. The van der Waals surface area contributed by atoms with Crippen LogP contribution in [0.15, 0.2) is 29.5 Å². The molecule has 25 heavy (non-hydrogen) atoms. The highest BCUT2D eigenvalue weighted by Crippen LogP contribution is 2.25. The zero-order chi connectivity index (χ0) is 16.9. The zero-order valence-corrected chi connectivity index (χ0v) is 17.4. The minimum atomic E-state index is 0. The average Bonchev–Trinajstić information content (AvgIpc) is 3.21. The molecule has 0 saturated carbocycles. The van der Waals surface area contributed by atoms with E-state index in [0.717, 1.165) is 42.5 Å². The van der Waals surface area contributed by atoms with E-state index < -0.39 is 0 Å². The molecule has 0 radical (unpaired) electrons. The minimum absolute atomic E-state index is 0. The second-order valence-corrected chi connectivity index (χ2v) is 6.24. The Morgan fingerprint density at radius 1 is 1.52 bits per heavy atom. The van der Waals surface area contributed by atoms with Crippen LogP contribution in [0.2, 0.25) is 5.02 Å². The number of H-pyrrole nitrogens is 1. The number of nitrogens with one attached hydrogen (secondary N) is 3. The molecular formula is C16H23ClIN7. The first-order valence-corrected chi connectivity index (χ1v) is 8.36. The van der Waals surface area contributed by atoms with E-state index in [-0.39, 0.29) is 24.0 Å². The number of aryl methyl sites for hydroxylation is 1. The maximum atomic E-state index is 6.24. The number of anilines is 1. The van der Waals surface area contributed by atoms with Gasteiger partial charge in [-0.2, -0.15) is 5.10 Å². The van der Waals surface area contributed by atoms with Crippen molar-refractivity contribution in [3.05, 3.63) is 40.8 Å². The fourth-order valence-corrected chi connectivity index (χ4v) is 3.04. The lowest BCUT2D eigenvalue weighted by Crippen LogP contribution is -2.44. The van der Waals surface area contributed by atoms with Gasteiger partial charge in [0.1, 0.15) is 5.82 Å². The minimum Gasteiger partial charge on any atom is -0.353 e. The number of hydrogen-bond donors (Lipinski definition) is 3. The van der Waals surface area contributed by atoms with Crippen molar-refractivity contribution in [2.75, 3.05) is 25.0 Å². The fraction of sp³-hybridized carbons (Fsp3) is 0.438. The van der Waals surface area contributed by atoms with E-state index in [9.17, 15) is 0 Å². The van der Waals surface area contributed by atoms with E-state index in [2.05, 4.69) is 35.7 Å². The SMILES string of the molecule is CN=C(NCc1cn[nH]c1C)NC1CCN(c2ncccc2Cl)C1.I. The molecule has 0 spiro atoms. The van der Waals surface area contributed by atoms with E-state index in [1.807, 2.05) is 25.3 Å². The van der Waals surface area contributed by atoms with E-state index >= 15 is 0 Å². The Kier molecular flexibility index (Phi) is 7.30. The average molecular weight is 476 g/mol. The summed E-state index contributed by atoms with van der Waals surface area (Å²) in [5.74, 6) is 1.63. The van der Waals surface area contributed by atoms with E-state index in [0.29, 0.717) is 17.6 Å². The Labute approximate surface area is 169 Å². The van der Waals surface area contributed by atoms with Crippen LogP contribution in [0.1, 0.15) is 17.7 Å². The van der Waals surface area contributed by atoms with Gasteiger partial charge in [-0.25, -0.2) is 4.98 Å². The molecular weight excluding hydrogens is 453 g/mol. The molecule has 2 aromatic heterocycles. The zero-order valence-electron chi connectivity index (χ0n) is 14.3. The van der Waals surface area contributed by atoms with Gasteiger partial charge in [0.05, 0.1) is 11.2 Å². The molecule has 0 bridgehead atoms.